The Morgan fingerprint density at radius 1 is 1.17 bits per heavy atom. The monoisotopic (exact) mass is 427 g/mol. The van der Waals surface area contributed by atoms with Gasteiger partial charge in [-0.1, -0.05) is 12.1 Å². The molecular formula is C21H22FN5O2S. The molecule has 0 bridgehead atoms. The van der Waals surface area contributed by atoms with E-state index in [1.807, 2.05) is 17.0 Å². The molecule has 0 saturated carbocycles. The number of carbonyl (C=O) groups is 1. The number of piperidine rings is 1. The van der Waals surface area contributed by atoms with Crippen molar-refractivity contribution >= 4 is 17.7 Å². The summed E-state index contributed by atoms with van der Waals surface area (Å²) in [4.78, 5) is 31.6. The lowest BCUT2D eigenvalue weighted by Crippen LogP contribution is -2.40. The lowest BCUT2D eigenvalue weighted by Gasteiger charge is -2.31. The second kappa shape index (κ2) is 9.25. The minimum absolute atomic E-state index is 0.123. The number of para-hydroxylation sites is 1. The molecule has 7 nitrogen and oxygen atoms in total. The number of nitrogens with zero attached hydrogens (tertiary/aromatic N) is 4. The maximum atomic E-state index is 14.2. The highest BCUT2D eigenvalue weighted by atomic mass is 32.2. The van der Waals surface area contributed by atoms with E-state index in [2.05, 4.69) is 15.2 Å². The summed E-state index contributed by atoms with van der Waals surface area (Å²) in [7, 11) is 0. The molecule has 1 saturated heterocycles. The van der Waals surface area contributed by atoms with Gasteiger partial charge in [0.25, 0.3) is 0 Å². The Hall–Kier alpha value is -2.94. The van der Waals surface area contributed by atoms with Gasteiger partial charge in [0.1, 0.15) is 11.6 Å². The second-order valence-electron chi connectivity index (χ2n) is 7.23. The first-order valence-electron chi connectivity index (χ1n) is 9.83. The predicted molar refractivity (Wildman–Crippen MR) is 112 cm³/mol. The minimum Gasteiger partial charge on any atom is -0.342 e. The van der Waals surface area contributed by atoms with Crippen LogP contribution in [-0.2, 0) is 11.2 Å². The van der Waals surface area contributed by atoms with E-state index in [-0.39, 0.29) is 17.5 Å². The van der Waals surface area contributed by atoms with E-state index in [1.54, 1.807) is 30.6 Å². The fourth-order valence-corrected chi connectivity index (χ4v) is 4.45. The number of benzene rings is 1. The summed E-state index contributed by atoms with van der Waals surface area (Å²) in [5.74, 6) is 0.860. The van der Waals surface area contributed by atoms with Crippen LogP contribution < -0.4 is 5.69 Å². The Labute approximate surface area is 177 Å². The highest BCUT2D eigenvalue weighted by molar-refractivity contribution is 8.00. The van der Waals surface area contributed by atoms with Crippen LogP contribution in [0.15, 0.2) is 58.5 Å². The van der Waals surface area contributed by atoms with Gasteiger partial charge in [0, 0.05) is 36.8 Å². The average Bonchev–Trinajstić information content (AvgIpc) is 3.13. The van der Waals surface area contributed by atoms with Crippen molar-refractivity contribution in [3.63, 3.8) is 0 Å². The highest BCUT2D eigenvalue weighted by Crippen LogP contribution is 2.24. The fraction of sp³-hybridized carbons (Fsp3) is 0.333. The van der Waals surface area contributed by atoms with E-state index >= 15 is 0 Å². The number of pyridine rings is 1. The van der Waals surface area contributed by atoms with E-state index in [0.29, 0.717) is 31.1 Å². The zero-order valence-corrected chi connectivity index (χ0v) is 17.1. The third-order valence-electron chi connectivity index (χ3n) is 5.29. The lowest BCUT2D eigenvalue weighted by molar-refractivity contribution is -0.129. The third kappa shape index (κ3) is 4.62. The molecule has 3 aromatic rings. The van der Waals surface area contributed by atoms with Crippen molar-refractivity contribution in [1.82, 2.24) is 24.6 Å². The first-order valence-corrected chi connectivity index (χ1v) is 10.8. The molecule has 3 heterocycles. The van der Waals surface area contributed by atoms with Crippen molar-refractivity contribution < 1.29 is 9.18 Å². The number of rotatable bonds is 6. The number of H-pyrrole nitrogens is 1. The maximum Gasteiger partial charge on any atom is 0.348 e. The van der Waals surface area contributed by atoms with Crippen LogP contribution in [-0.4, -0.2) is 49.4 Å². The summed E-state index contributed by atoms with van der Waals surface area (Å²) in [6.07, 6.45) is 5.64. The SMILES string of the molecule is O=C(CSc1ccncc1)N1CCC(Cc2n[nH]c(=O)n2-c2ccccc2F)CC1. The Kier molecular flexibility index (Phi) is 6.27. The molecule has 1 aromatic carbocycles. The number of nitrogens with one attached hydrogen (secondary N) is 1. The number of carbonyl (C=O) groups excluding carboxylic acids is 1. The number of amides is 1. The van der Waals surface area contributed by atoms with E-state index in [4.69, 9.17) is 0 Å². The first kappa shape index (κ1) is 20.3. The largest absolute Gasteiger partial charge is 0.348 e. The van der Waals surface area contributed by atoms with Crippen molar-refractivity contribution in [3.8, 4) is 5.69 Å². The predicted octanol–water partition coefficient (Wildman–Crippen LogP) is 2.67. The van der Waals surface area contributed by atoms with Gasteiger partial charge in [-0.15, -0.1) is 11.8 Å². The molecule has 1 aliphatic heterocycles. The van der Waals surface area contributed by atoms with Crippen LogP contribution in [0.4, 0.5) is 4.39 Å². The summed E-state index contributed by atoms with van der Waals surface area (Å²) in [6, 6.07) is 9.95. The first-order chi connectivity index (χ1) is 14.6. The van der Waals surface area contributed by atoms with Crippen LogP contribution in [0.1, 0.15) is 18.7 Å². The van der Waals surface area contributed by atoms with Crippen molar-refractivity contribution in [2.24, 2.45) is 5.92 Å². The molecule has 0 atom stereocenters. The summed E-state index contributed by atoms with van der Waals surface area (Å²) < 4.78 is 15.5. The molecule has 2 aromatic heterocycles. The number of hydrogen-bond acceptors (Lipinski definition) is 5. The lowest BCUT2D eigenvalue weighted by atomic mass is 9.93. The van der Waals surface area contributed by atoms with Crippen molar-refractivity contribution in [2.75, 3.05) is 18.8 Å². The van der Waals surface area contributed by atoms with Gasteiger partial charge in [0.05, 0.1) is 11.4 Å². The van der Waals surface area contributed by atoms with Gasteiger partial charge in [-0.2, -0.15) is 5.10 Å². The third-order valence-corrected chi connectivity index (χ3v) is 6.28. The summed E-state index contributed by atoms with van der Waals surface area (Å²) in [5.41, 5.74) is -0.247. The summed E-state index contributed by atoms with van der Waals surface area (Å²) in [6.45, 7) is 1.35. The Morgan fingerprint density at radius 3 is 2.63 bits per heavy atom. The molecule has 4 rings (SSSR count). The van der Waals surface area contributed by atoms with E-state index in [9.17, 15) is 14.0 Å². The average molecular weight is 428 g/mol. The fourth-order valence-electron chi connectivity index (χ4n) is 3.66. The van der Waals surface area contributed by atoms with Gasteiger partial charge in [0.2, 0.25) is 5.91 Å². The minimum atomic E-state index is -0.464. The molecule has 9 heteroatoms. The van der Waals surface area contributed by atoms with Gasteiger partial charge in [-0.05, 0) is 43.0 Å². The van der Waals surface area contributed by atoms with Crippen LogP contribution in [0.5, 0.6) is 0 Å². The van der Waals surface area contributed by atoms with Crippen LogP contribution in [0, 0.1) is 11.7 Å². The molecule has 1 amide bonds. The molecule has 1 N–H and O–H groups in total. The Morgan fingerprint density at radius 2 is 1.90 bits per heavy atom. The van der Waals surface area contributed by atoms with Crippen molar-refractivity contribution in [1.29, 1.82) is 0 Å². The quantitative estimate of drug-likeness (QED) is 0.612. The Balaban J connectivity index is 1.34. The van der Waals surface area contributed by atoms with Gasteiger partial charge in [-0.25, -0.2) is 18.9 Å². The maximum absolute atomic E-state index is 14.2. The molecule has 0 unspecified atom stereocenters. The highest BCUT2D eigenvalue weighted by Gasteiger charge is 2.25. The topological polar surface area (TPSA) is 83.9 Å². The van der Waals surface area contributed by atoms with Crippen molar-refractivity contribution in [2.45, 2.75) is 24.2 Å². The molecule has 156 valence electrons. The van der Waals surface area contributed by atoms with Crippen molar-refractivity contribution in [3.05, 3.63) is 70.9 Å². The number of likely N-dealkylation sites (tertiary alicyclic amines) is 1. The number of halogens is 1. The number of thioether (sulfide) groups is 1. The molecule has 30 heavy (non-hydrogen) atoms. The molecule has 0 radical (unpaired) electrons. The van der Waals surface area contributed by atoms with Crippen LogP contribution in [0.25, 0.3) is 5.69 Å². The van der Waals surface area contributed by atoms with E-state index in [0.717, 1.165) is 17.7 Å². The normalized spacial score (nSPS) is 14.8. The van der Waals surface area contributed by atoms with E-state index < -0.39 is 11.5 Å². The van der Waals surface area contributed by atoms with Crippen LogP contribution in [0.3, 0.4) is 0 Å². The van der Waals surface area contributed by atoms with E-state index in [1.165, 1.54) is 22.4 Å². The molecular weight excluding hydrogens is 405 g/mol. The molecule has 1 aliphatic rings. The molecule has 0 aliphatic carbocycles. The summed E-state index contributed by atoms with van der Waals surface area (Å²) in [5, 5.41) is 6.55. The molecule has 1 fully saturated rings. The summed E-state index contributed by atoms with van der Waals surface area (Å²) >= 11 is 1.51. The number of aromatic nitrogens is 4. The zero-order valence-electron chi connectivity index (χ0n) is 16.3. The molecule has 0 spiro atoms. The van der Waals surface area contributed by atoms with Crippen LogP contribution >= 0.6 is 11.8 Å². The second-order valence-corrected chi connectivity index (χ2v) is 8.28. The Bertz CT molecular complexity index is 1060. The van der Waals surface area contributed by atoms with Gasteiger partial charge >= 0.3 is 5.69 Å². The van der Waals surface area contributed by atoms with Crippen LogP contribution in [0.2, 0.25) is 0 Å². The number of aromatic amines is 1. The zero-order chi connectivity index (χ0) is 20.9. The van der Waals surface area contributed by atoms with Gasteiger partial charge in [0.15, 0.2) is 0 Å². The smallest absolute Gasteiger partial charge is 0.342 e. The van der Waals surface area contributed by atoms with Gasteiger partial charge in [-0.3, -0.25) is 9.78 Å². The number of hydrogen-bond donors (Lipinski definition) is 1. The van der Waals surface area contributed by atoms with Gasteiger partial charge < -0.3 is 4.90 Å². The standard InChI is InChI=1S/C21H22FN5O2S/c22-17-3-1-2-4-18(17)27-19(24-25-21(27)29)13-15-7-11-26(12-8-15)20(28)14-30-16-5-9-23-10-6-16/h1-6,9-10,15H,7-8,11-14H2,(H,25,29).